The fraction of sp³-hybridized carbons (Fsp3) is 0.571. The normalized spacial score (nSPS) is 19.2. The van der Waals surface area contributed by atoms with E-state index in [1.165, 1.54) is 13.2 Å². The third-order valence-electron chi connectivity index (χ3n) is 3.64. The maximum Gasteiger partial charge on any atom is 0.314 e. The van der Waals surface area contributed by atoms with Gasteiger partial charge in [0.2, 0.25) is 0 Å². The van der Waals surface area contributed by atoms with Gasteiger partial charge in [-0.25, -0.2) is 0 Å². The van der Waals surface area contributed by atoms with Crippen LogP contribution < -0.4 is 14.8 Å². The van der Waals surface area contributed by atoms with Crippen LogP contribution in [-0.2, 0) is 0 Å². The van der Waals surface area contributed by atoms with E-state index in [-0.39, 0.29) is 11.4 Å². The van der Waals surface area contributed by atoms with Gasteiger partial charge in [-0.3, -0.25) is 15.0 Å². The van der Waals surface area contributed by atoms with Gasteiger partial charge in [-0.1, -0.05) is 0 Å². The van der Waals surface area contributed by atoms with Gasteiger partial charge in [0.15, 0.2) is 5.75 Å². The number of ether oxygens (including phenoxy) is 2. The maximum absolute atomic E-state index is 11.1. The SMILES string of the molecule is COc1ccc(OCCN2CCNC[C@H]2C)c([N+](=O)[O-])c1. The molecule has 0 amide bonds. The minimum absolute atomic E-state index is 0.0669. The van der Waals surface area contributed by atoms with Crippen LogP contribution >= 0.6 is 0 Å². The quantitative estimate of drug-likeness (QED) is 0.629. The lowest BCUT2D eigenvalue weighted by molar-refractivity contribution is -0.385. The molecule has 0 bridgehead atoms. The van der Waals surface area contributed by atoms with Crippen molar-refractivity contribution in [1.82, 2.24) is 10.2 Å². The van der Waals surface area contributed by atoms with Crippen molar-refractivity contribution in [2.24, 2.45) is 0 Å². The van der Waals surface area contributed by atoms with Crippen LogP contribution in [0.15, 0.2) is 18.2 Å². The average molecular weight is 295 g/mol. The molecule has 1 aromatic carbocycles. The maximum atomic E-state index is 11.1. The van der Waals surface area contributed by atoms with Crippen LogP contribution in [0.5, 0.6) is 11.5 Å². The molecule has 0 saturated carbocycles. The Morgan fingerprint density at radius 2 is 2.33 bits per heavy atom. The number of methoxy groups -OCH3 is 1. The third-order valence-corrected chi connectivity index (χ3v) is 3.64. The van der Waals surface area contributed by atoms with Crippen molar-refractivity contribution in [3.63, 3.8) is 0 Å². The number of nitrogens with zero attached hydrogens (tertiary/aromatic N) is 2. The molecular weight excluding hydrogens is 274 g/mol. The van der Waals surface area contributed by atoms with Crippen LogP contribution in [0.25, 0.3) is 0 Å². The van der Waals surface area contributed by atoms with Crippen molar-refractivity contribution in [3.8, 4) is 11.5 Å². The van der Waals surface area contributed by atoms with Crippen LogP contribution in [0.4, 0.5) is 5.69 Å². The van der Waals surface area contributed by atoms with Crippen LogP contribution in [-0.4, -0.2) is 55.8 Å². The Balaban J connectivity index is 1.94. The summed E-state index contributed by atoms with van der Waals surface area (Å²) in [5.74, 6) is 0.730. The van der Waals surface area contributed by atoms with Gasteiger partial charge in [-0.15, -0.1) is 0 Å². The second kappa shape index (κ2) is 7.24. The molecule has 21 heavy (non-hydrogen) atoms. The first-order valence-corrected chi connectivity index (χ1v) is 7.02. The predicted molar refractivity (Wildman–Crippen MR) is 79.0 cm³/mol. The summed E-state index contributed by atoms with van der Waals surface area (Å²) in [5.41, 5.74) is -0.0669. The number of nitrogens with one attached hydrogen (secondary N) is 1. The number of nitro groups is 1. The molecule has 2 rings (SSSR count). The fourth-order valence-corrected chi connectivity index (χ4v) is 2.38. The van der Waals surface area contributed by atoms with Gasteiger partial charge in [0.25, 0.3) is 0 Å². The Bertz CT molecular complexity index is 495. The zero-order valence-electron chi connectivity index (χ0n) is 12.4. The van der Waals surface area contributed by atoms with Crippen molar-refractivity contribution in [2.45, 2.75) is 13.0 Å². The number of benzene rings is 1. The zero-order chi connectivity index (χ0) is 15.2. The highest BCUT2D eigenvalue weighted by Gasteiger charge is 2.19. The molecule has 0 aliphatic carbocycles. The van der Waals surface area contributed by atoms with E-state index < -0.39 is 4.92 Å². The predicted octanol–water partition coefficient (Wildman–Crippen LogP) is 1.28. The minimum atomic E-state index is -0.453. The van der Waals surface area contributed by atoms with E-state index in [9.17, 15) is 10.1 Å². The summed E-state index contributed by atoms with van der Waals surface area (Å²) in [6.45, 7) is 6.23. The van der Waals surface area contributed by atoms with E-state index >= 15 is 0 Å². The molecule has 7 heteroatoms. The van der Waals surface area contributed by atoms with Gasteiger partial charge >= 0.3 is 5.69 Å². The Labute approximate surface area is 124 Å². The summed E-state index contributed by atoms with van der Waals surface area (Å²) in [5, 5.41) is 14.4. The van der Waals surface area contributed by atoms with E-state index in [0.29, 0.717) is 18.4 Å². The highest BCUT2D eigenvalue weighted by molar-refractivity contribution is 5.50. The Kier molecular flexibility index (Phi) is 5.35. The molecule has 1 aliphatic rings. The second-order valence-corrected chi connectivity index (χ2v) is 5.03. The van der Waals surface area contributed by atoms with Crippen molar-refractivity contribution in [1.29, 1.82) is 0 Å². The zero-order valence-corrected chi connectivity index (χ0v) is 12.4. The molecule has 7 nitrogen and oxygen atoms in total. The summed E-state index contributed by atoms with van der Waals surface area (Å²) < 4.78 is 10.6. The summed E-state index contributed by atoms with van der Waals surface area (Å²) >= 11 is 0. The molecule has 1 atom stereocenters. The molecule has 1 fully saturated rings. The number of hydrogen-bond donors (Lipinski definition) is 1. The molecule has 1 aromatic rings. The van der Waals surface area contributed by atoms with E-state index in [2.05, 4.69) is 17.1 Å². The van der Waals surface area contributed by atoms with Crippen LogP contribution in [0.3, 0.4) is 0 Å². The molecule has 0 spiro atoms. The van der Waals surface area contributed by atoms with Crippen LogP contribution in [0.1, 0.15) is 6.92 Å². The molecule has 116 valence electrons. The van der Waals surface area contributed by atoms with Crippen molar-refractivity contribution in [3.05, 3.63) is 28.3 Å². The van der Waals surface area contributed by atoms with Gasteiger partial charge in [0, 0.05) is 32.2 Å². The fourth-order valence-electron chi connectivity index (χ4n) is 2.38. The third kappa shape index (κ3) is 4.05. The Morgan fingerprint density at radius 3 is 3.00 bits per heavy atom. The first-order valence-electron chi connectivity index (χ1n) is 7.02. The highest BCUT2D eigenvalue weighted by Crippen LogP contribution is 2.30. The van der Waals surface area contributed by atoms with Gasteiger partial charge < -0.3 is 14.8 Å². The molecule has 1 saturated heterocycles. The van der Waals surface area contributed by atoms with Gasteiger partial charge in [0.1, 0.15) is 12.4 Å². The highest BCUT2D eigenvalue weighted by atomic mass is 16.6. The smallest absolute Gasteiger partial charge is 0.314 e. The van der Waals surface area contributed by atoms with Crippen molar-refractivity contribution >= 4 is 5.69 Å². The summed E-state index contributed by atoms with van der Waals surface area (Å²) in [6.07, 6.45) is 0. The average Bonchev–Trinajstić information content (AvgIpc) is 2.49. The molecule has 0 aromatic heterocycles. The largest absolute Gasteiger partial charge is 0.496 e. The first kappa shape index (κ1) is 15.5. The van der Waals surface area contributed by atoms with Crippen molar-refractivity contribution < 1.29 is 14.4 Å². The Morgan fingerprint density at radius 1 is 1.52 bits per heavy atom. The van der Waals surface area contributed by atoms with E-state index in [0.717, 1.165) is 26.2 Å². The lowest BCUT2D eigenvalue weighted by atomic mass is 10.2. The van der Waals surface area contributed by atoms with E-state index in [1.807, 2.05) is 0 Å². The minimum Gasteiger partial charge on any atom is -0.496 e. The van der Waals surface area contributed by atoms with Crippen molar-refractivity contribution in [2.75, 3.05) is 39.9 Å². The lowest BCUT2D eigenvalue weighted by Crippen LogP contribution is -2.50. The summed E-state index contributed by atoms with van der Waals surface area (Å²) in [6, 6.07) is 5.07. The summed E-state index contributed by atoms with van der Waals surface area (Å²) in [4.78, 5) is 12.9. The summed E-state index contributed by atoms with van der Waals surface area (Å²) in [7, 11) is 1.48. The molecule has 0 radical (unpaired) electrons. The standard InChI is InChI=1S/C14H21N3O4/c1-11-10-15-5-6-16(11)7-8-21-14-4-3-12(20-2)9-13(14)17(18)19/h3-4,9,11,15H,5-8,10H2,1-2H3/t11-/m1/s1. The Hall–Kier alpha value is -1.86. The monoisotopic (exact) mass is 295 g/mol. The lowest BCUT2D eigenvalue weighted by Gasteiger charge is -2.33. The molecule has 1 N–H and O–H groups in total. The topological polar surface area (TPSA) is 76.9 Å². The number of nitro benzene ring substituents is 1. The van der Waals surface area contributed by atoms with Gasteiger partial charge in [0.05, 0.1) is 18.1 Å². The number of piperazine rings is 1. The van der Waals surface area contributed by atoms with Crippen LogP contribution in [0.2, 0.25) is 0 Å². The molecule has 0 unspecified atom stereocenters. The number of hydrogen-bond acceptors (Lipinski definition) is 6. The molecule has 1 aliphatic heterocycles. The van der Waals surface area contributed by atoms with Gasteiger partial charge in [-0.2, -0.15) is 0 Å². The van der Waals surface area contributed by atoms with E-state index in [4.69, 9.17) is 9.47 Å². The second-order valence-electron chi connectivity index (χ2n) is 5.03. The first-order chi connectivity index (χ1) is 10.1. The van der Waals surface area contributed by atoms with E-state index in [1.54, 1.807) is 12.1 Å². The number of rotatable bonds is 6. The molecule has 1 heterocycles. The van der Waals surface area contributed by atoms with Crippen LogP contribution in [0, 0.1) is 10.1 Å². The molecular formula is C14H21N3O4. The van der Waals surface area contributed by atoms with Gasteiger partial charge in [-0.05, 0) is 19.1 Å².